The van der Waals surface area contributed by atoms with Gasteiger partial charge < -0.3 is 28.6 Å². The minimum Gasteiger partial charge on any atom is -0.497 e. The molecule has 0 radical (unpaired) electrons. The third-order valence-corrected chi connectivity index (χ3v) is 6.92. The number of methoxy groups -OCH3 is 2. The number of likely N-dealkylation sites (tertiary alicyclic amines) is 1. The Kier molecular flexibility index (Phi) is 6.76. The molecule has 192 valence electrons. The average molecular weight is 505 g/mol. The number of rotatable bonds is 7. The first kappa shape index (κ1) is 24.3. The van der Waals surface area contributed by atoms with Crippen LogP contribution < -0.4 is 23.8 Å². The van der Waals surface area contributed by atoms with Crippen molar-refractivity contribution in [3.05, 3.63) is 77.9 Å². The molecule has 5 rings (SSSR count). The van der Waals surface area contributed by atoms with Crippen LogP contribution in [0.5, 0.6) is 23.0 Å². The van der Waals surface area contributed by atoms with Gasteiger partial charge in [0, 0.05) is 25.2 Å². The monoisotopic (exact) mass is 504 g/mol. The van der Waals surface area contributed by atoms with Crippen LogP contribution in [-0.2, 0) is 9.53 Å². The Bertz CT molecular complexity index is 1260. The van der Waals surface area contributed by atoms with E-state index in [0.717, 1.165) is 11.1 Å². The van der Waals surface area contributed by atoms with E-state index >= 15 is 0 Å². The van der Waals surface area contributed by atoms with Gasteiger partial charge in [-0.1, -0.05) is 18.2 Å². The summed E-state index contributed by atoms with van der Waals surface area (Å²) in [5.74, 6) is 2.39. The van der Waals surface area contributed by atoms with Gasteiger partial charge in [0.05, 0.1) is 20.3 Å². The van der Waals surface area contributed by atoms with Crippen LogP contribution in [0.2, 0.25) is 0 Å². The van der Waals surface area contributed by atoms with Gasteiger partial charge in [-0.15, -0.1) is 0 Å². The largest absolute Gasteiger partial charge is 0.497 e. The third-order valence-electron chi connectivity index (χ3n) is 6.92. The van der Waals surface area contributed by atoms with E-state index in [1.165, 1.54) is 0 Å². The fraction of sp³-hybridized carbons (Fsp3) is 0.286. The summed E-state index contributed by atoms with van der Waals surface area (Å²) in [6.07, 6.45) is -0.625. The van der Waals surface area contributed by atoms with Crippen molar-refractivity contribution < 1.29 is 33.3 Å². The Balaban J connectivity index is 1.53. The smallest absolute Gasteiger partial charge is 0.324 e. The lowest BCUT2D eigenvalue weighted by Gasteiger charge is -2.31. The predicted molar refractivity (Wildman–Crippen MR) is 135 cm³/mol. The summed E-state index contributed by atoms with van der Waals surface area (Å²) in [4.78, 5) is 28.9. The molecule has 0 aliphatic carbocycles. The van der Waals surface area contributed by atoms with Crippen molar-refractivity contribution in [2.24, 2.45) is 0 Å². The van der Waals surface area contributed by atoms with Crippen LogP contribution >= 0.6 is 0 Å². The molecular formula is C28H28N2O7. The van der Waals surface area contributed by atoms with Gasteiger partial charge in [0.2, 0.25) is 6.79 Å². The van der Waals surface area contributed by atoms with Gasteiger partial charge in [-0.05, 0) is 59.7 Å². The highest BCUT2D eigenvalue weighted by Gasteiger charge is 2.48. The molecule has 1 fully saturated rings. The molecule has 3 atom stereocenters. The predicted octanol–water partition coefficient (Wildman–Crippen LogP) is 4.37. The molecule has 2 heterocycles. The molecule has 37 heavy (non-hydrogen) atoms. The van der Waals surface area contributed by atoms with Crippen LogP contribution in [0.25, 0.3) is 0 Å². The molecule has 0 aromatic heterocycles. The molecule has 0 saturated carbocycles. The minimum absolute atomic E-state index is 0.156. The molecule has 9 heteroatoms. The number of anilines is 1. The van der Waals surface area contributed by atoms with Crippen molar-refractivity contribution in [3.63, 3.8) is 0 Å². The first-order valence-corrected chi connectivity index (χ1v) is 11.8. The molecule has 2 aliphatic rings. The molecule has 9 nitrogen and oxygen atoms in total. The average Bonchev–Trinajstić information content (AvgIpc) is 3.57. The lowest BCUT2D eigenvalue weighted by Crippen LogP contribution is -2.42. The SMILES string of the molecule is COc1ccc(C2C(OC=O)C(c3ccc4c(c3)OCO4)CN2C(=O)N(C)c2ccc(OC)cc2)cc1. The fourth-order valence-electron chi connectivity index (χ4n) is 4.98. The number of carbonyl (C=O) groups excluding carboxylic acids is 2. The standard InChI is InChI=1S/C28H28N2O7/c1-29(20-7-11-22(34-3)12-8-20)28(32)30-15-23(19-6-13-24-25(14-19)37-17-36-24)27(35-16-31)26(30)18-4-9-21(33-2)10-5-18/h4-14,16,23,26-27H,15,17H2,1-3H3. The third kappa shape index (κ3) is 4.60. The number of benzene rings is 3. The molecule has 3 aromatic carbocycles. The van der Waals surface area contributed by atoms with E-state index in [9.17, 15) is 9.59 Å². The quantitative estimate of drug-likeness (QED) is 0.442. The lowest BCUT2D eigenvalue weighted by atomic mass is 9.90. The normalized spacial score (nSPS) is 19.9. The summed E-state index contributed by atoms with van der Waals surface area (Å²) in [7, 11) is 4.91. The van der Waals surface area contributed by atoms with E-state index in [-0.39, 0.29) is 18.7 Å². The molecule has 1 saturated heterocycles. The topological polar surface area (TPSA) is 86.8 Å². The summed E-state index contributed by atoms with van der Waals surface area (Å²) in [6, 6.07) is 19.6. The molecule has 0 spiro atoms. The Hall–Kier alpha value is -4.40. The summed E-state index contributed by atoms with van der Waals surface area (Å²) in [5, 5.41) is 0. The maximum Gasteiger partial charge on any atom is 0.324 e. The molecule has 2 aliphatic heterocycles. The van der Waals surface area contributed by atoms with Gasteiger partial charge in [0.1, 0.15) is 17.6 Å². The zero-order chi connectivity index (χ0) is 25.9. The number of amides is 2. The number of fused-ring (bicyclic) bond motifs is 1. The molecule has 3 aromatic rings. The highest BCUT2D eigenvalue weighted by atomic mass is 16.7. The van der Waals surface area contributed by atoms with Gasteiger partial charge in [0.25, 0.3) is 6.47 Å². The van der Waals surface area contributed by atoms with Crippen LogP contribution in [0, 0.1) is 0 Å². The second kappa shape index (κ2) is 10.3. The Labute approximate surface area is 215 Å². The molecule has 0 N–H and O–H groups in total. The highest BCUT2D eigenvalue weighted by molar-refractivity contribution is 5.92. The molecular weight excluding hydrogens is 476 g/mol. The second-order valence-electron chi connectivity index (χ2n) is 8.83. The second-order valence-corrected chi connectivity index (χ2v) is 8.83. The van der Waals surface area contributed by atoms with Crippen molar-refractivity contribution in [2.75, 3.05) is 39.5 Å². The van der Waals surface area contributed by atoms with Crippen molar-refractivity contribution >= 4 is 18.2 Å². The van der Waals surface area contributed by atoms with Gasteiger partial charge in [-0.2, -0.15) is 0 Å². The van der Waals surface area contributed by atoms with Crippen LogP contribution in [0.15, 0.2) is 66.7 Å². The number of hydrogen-bond acceptors (Lipinski definition) is 7. The van der Waals surface area contributed by atoms with E-state index < -0.39 is 12.1 Å². The summed E-state index contributed by atoms with van der Waals surface area (Å²) in [6.45, 7) is 0.931. The minimum atomic E-state index is -0.625. The van der Waals surface area contributed by atoms with Gasteiger partial charge in [-0.25, -0.2) is 4.79 Å². The maximum absolute atomic E-state index is 13.9. The van der Waals surface area contributed by atoms with E-state index in [4.69, 9.17) is 23.7 Å². The number of ether oxygens (including phenoxy) is 5. The fourth-order valence-corrected chi connectivity index (χ4v) is 4.98. The van der Waals surface area contributed by atoms with E-state index in [1.807, 2.05) is 54.6 Å². The van der Waals surface area contributed by atoms with E-state index in [2.05, 4.69) is 0 Å². The van der Waals surface area contributed by atoms with Crippen LogP contribution in [0.4, 0.5) is 10.5 Å². The Morgan fingerprint density at radius 2 is 1.54 bits per heavy atom. The van der Waals surface area contributed by atoms with Crippen molar-refractivity contribution in [1.82, 2.24) is 4.90 Å². The molecule has 3 unspecified atom stereocenters. The van der Waals surface area contributed by atoms with Crippen molar-refractivity contribution in [3.8, 4) is 23.0 Å². The zero-order valence-electron chi connectivity index (χ0n) is 20.8. The van der Waals surface area contributed by atoms with E-state index in [0.29, 0.717) is 41.7 Å². The van der Waals surface area contributed by atoms with Gasteiger partial charge in [-0.3, -0.25) is 9.69 Å². The van der Waals surface area contributed by atoms with Gasteiger partial charge in [0.15, 0.2) is 11.5 Å². The summed E-state index contributed by atoms with van der Waals surface area (Å²) < 4.78 is 27.3. The highest BCUT2D eigenvalue weighted by Crippen LogP contribution is 2.45. The summed E-state index contributed by atoms with van der Waals surface area (Å²) >= 11 is 0. The molecule has 2 amide bonds. The van der Waals surface area contributed by atoms with Crippen LogP contribution in [0.1, 0.15) is 23.1 Å². The number of carbonyl (C=O) groups is 2. The van der Waals surface area contributed by atoms with Gasteiger partial charge >= 0.3 is 6.03 Å². The van der Waals surface area contributed by atoms with Crippen molar-refractivity contribution in [1.29, 1.82) is 0 Å². The summed E-state index contributed by atoms with van der Waals surface area (Å²) in [5.41, 5.74) is 2.42. The Morgan fingerprint density at radius 3 is 2.19 bits per heavy atom. The number of nitrogens with zero attached hydrogens (tertiary/aromatic N) is 2. The molecule has 0 bridgehead atoms. The maximum atomic E-state index is 13.9. The number of hydrogen-bond donors (Lipinski definition) is 0. The van der Waals surface area contributed by atoms with Crippen LogP contribution in [-0.4, -0.2) is 58.1 Å². The zero-order valence-corrected chi connectivity index (χ0v) is 20.8. The van der Waals surface area contributed by atoms with Crippen LogP contribution in [0.3, 0.4) is 0 Å². The number of urea groups is 1. The first-order valence-electron chi connectivity index (χ1n) is 11.8. The Morgan fingerprint density at radius 1 is 0.919 bits per heavy atom. The van der Waals surface area contributed by atoms with E-state index in [1.54, 1.807) is 43.2 Å². The first-order chi connectivity index (χ1) is 18.0. The lowest BCUT2D eigenvalue weighted by molar-refractivity contribution is -0.135. The van der Waals surface area contributed by atoms with Crippen molar-refractivity contribution in [2.45, 2.75) is 18.1 Å².